The van der Waals surface area contributed by atoms with E-state index in [1.165, 1.54) is 6.20 Å². The number of ether oxygens (including phenoxy) is 1. The Hall–Kier alpha value is -3.42. The van der Waals surface area contributed by atoms with Crippen molar-refractivity contribution in [2.75, 3.05) is 11.9 Å². The van der Waals surface area contributed by atoms with Gasteiger partial charge in [-0.1, -0.05) is 12.1 Å². The molecule has 2 N–H and O–H groups in total. The molecule has 2 aromatic heterocycles. The third-order valence-corrected chi connectivity index (χ3v) is 3.56. The van der Waals surface area contributed by atoms with Crippen LogP contribution in [0.3, 0.4) is 0 Å². The molecule has 0 saturated carbocycles. The van der Waals surface area contributed by atoms with Crippen LogP contribution >= 0.6 is 0 Å². The van der Waals surface area contributed by atoms with Gasteiger partial charge in [-0.25, -0.2) is 14.6 Å². The van der Waals surface area contributed by atoms with Crippen LogP contribution in [0.4, 0.5) is 5.82 Å². The molecule has 0 aliphatic rings. The lowest BCUT2D eigenvalue weighted by molar-refractivity contribution is 0.0526. The van der Waals surface area contributed by atoms with Crippen molar-refractivity contribution in [2.45, 2.75) is 13.5 Å². The van der Waals surface area contributed by atoms with Gasteiger partial charge < -0.3 is 15.3 Å². The smallest absolute Gasteiger partial charge is 0.384 e. The number of nitrogens with zero attached hydrogens (tertiary/aromatic N) is 3. The van der Waals surface area contributed by atoms with Crippen molar-refractivity contribution in [2.24, 2.45) is 0 Å². The predicted octanol–water partition coefficient (Wildman–Crippen LogP) is 1.82. The van der Waals surface area contributed by atoms with Gasteiger partial charge in [0.15, 0.2) is 5.65 Å². The average molecular weight is 340 g/mol. The molecule has 0 fully saturated rings. The van der Waals surface area contributed by atoms with Gasteiger partial charge in [0, 0.05) is 12.7 Å². The molecule has 0 amide bonds. The molecule has 25 heavy (non-hydrogen) atoms. The van der Waals surface area contributed by atoms with E-state index in [-0.39, 0.29) is 11.6 Å². The van der Waals surface area contributed by atoms with E-state index in [9.17, 15) is 14.8 Å². The second kappa shape index (κ2) is 7.00. The van der Waals surface area contributed by atoms with Crippen molar-refractivity contribution in [1.29, 1.82) is 0 Å². The lowest BCUT2D eigenvalue weighted by Crippen LogP contribution is -2.23. The van der Waals surface area contributed by atoms with Gasteiger partial charge in [-0.15, -0.1) is 4.73 Å². The SMILES string of the molecule is CCOC(=O)c1ccc(CNc2nc(=O)n(O)c3ncccc23)cc1. The number of carbonyl (C=O) groups is 1. The Balaban J connectivity index is 1.80. The highest BCUT2D eigenvalue weighted by Gasteiger charge is 2.10. The number of pyridine rings is 1. The first-order chi connectivity index (χ1) is 12.1. The van der Waals surface area contributed by atoms with Gasteiger partial charge in [0.1, 0.15) is 5.82 Å². The minimum Gasteiger partial charge on any atom is -0.462 e. The van der Waals surface area contributed by atoms with E-state index in [4.69, 9.17) is 4.74 Å². The van der Waals surface area contributed by atoms with Gasteiger partial charge in [-0.2, -0.15) is 4.98 Å². The maximum Gasteiger partial charge on any atom is 0.384 e. The first-order valence-corrected chi connectivity index (χ1v) is 7.67. The Labute approximate surface area is 142 Å². The zero-order valence-corrected chi connectivity index (χ0v) is 13.5. The number of hydrogen-bond donors (Lipinski definition) is 2. The van der Waals surface area contributed by atoms with Gasteiger partial charge in [0.25, 0.3) is 0 Å². The monoisotopic (exact) mass is 340 g/mol. The Morgan fingerprint density at radius 3 is 2.76 bits per heavy atom. The number of hydrogen-bond acceptors (Lipinski definition) is 7. The fourth-order valence-corrected chi connectivity index (χ4v) is 2.34. The summed E-state index contributed by atoms with van der Waals surface area (Å²) in [6.07, 6.45) is 1.48. The number of rotatable bonds is 5. The van der Waals surface area contributed by atoms with E-state index in [0.29, 0.717) is 34.6 Å². The van der Waals surface area contributed by atoms with Crippen molar-refractivity contribution >= 4 is 22.8 Å². The van der Waals surface area contributed by atoms with Crippen molar-refractivity contribution in [3.63, 3.8) is 0 Å². The summed E-state index contributed by atoms with van der Waals surface area (Å²) in [5.41, 5.74) is 0.676. The van der Waals surface area contributed by atoms with Crippen molar-refractivity contribution in [3.05, 3.63) is 64.2 Å². The van der Waals surface area contributed by atoms with Gasteiger partial charge in [-0.05, 0) is 36.8 Å². The molecule has 3 aromatic rings. The summed E-state index contributed by atoms with van der Waals surface area (Å²) in [6, 6.07) is 10.3. The fraction of sp³-hybridized carbons (Fsp3) is 0.176. The van der Waals surface area contributed by atoms with E-state index in [1.54, 1.807) is 43.3 Å². The third-order valence-electron chi connectivity index (χ3n) is 3.56. The molecule has 0 atom stereocenters. The number of fused-ring (bicyclic) bond motifs is 1. The van der Waals surface area contributed by atoms with E-state index in [2.05, 4.69) is 15.3 Å². The van der Waals surface area contributed by atoms with E-state index >= 15 is 0 Å². The second-order valence-electron chi connectivity index (χ2n) is 5.20. The Morgan fingerprint density at radius 1 is 1.28 bits per heavy atom. The molecular formula is C17H16N4O4. The average Bonchev–Trinajstić information content (AvgIpc) is 2.64. The summed E-state index contributed by atoms with van der Waals surface area (Å²) in [5, 5.41) is 13.3. The first kappa shape index (κ1) is 16.4. The molecular weight excluding hydrogens is 324 g/mol. The van der Waals surface area contributed by atoms with Gasteiger partial charge in [0.2, 0.25) is 0 Å². The summed E-state index contributed by atoms with van der Waals surface area (Å²) in [4.78, 5) is 31.2. The number of benzene rings is 1. The molecule has 0 radical (unpaired) electrons. The van der Waals surface area contributed by atoms with Crippen molar-refractivity contribution < 1.29 is 14.7 Å². The highest BCUT2D eigenvalue weighted by molar-refractivity contribution is 5.89. The lowest BCUT2D eigenvalue weighted by atomic mass is 10.1. The molecule has 0 unspecified atom stereocenters. The number of esters is 1. The topological polar surface area (TPSA) is 106 Å². The quantitative estimate of drug-likeness (QED) is 0.539. The summed E-state index contributed by atoms with van der Waals surface area (Å²) in [6.45, 7) is 2.46. The lowest BCUT2D eigenvalue weighted by Gasteiger charge is -2.10. The number of nitrogens with one attached hydrogen (secondary N) is 1. The molecule has 2 heterocycles. The van der Waals surface area contributed by atoms with Crippen LogP contribution in [-0.4, -0.2) is 32.5 Å². The van der Waals surface area contributed by atoms with Crippen molar-refractivity contribution in [3.8, 4) is 0 Å². The number of carbonyl (C=O) groups excluding carboxylic acids is 1. The number of aromatic nitrogens is 3. The molecule has 3 rings (SSSR count). The summed E-state index contributed by atoms with van der Waals surface area (Å²) < 4.78 is 5.35. The molecule has 1 aromatic carbocycles. The minimum absolute atomic E-state index is 0.127. The molecule has 8 heteroatoms. The standard InChI is InChI=1S/C17H16N4O4/c1-2-25-16(22)12-7-5-11(6-8-12)10-19-14-13-4-3-9-18-15(13)21(24)17(23)20-14/h3-9,24H,2,10H2,1H3,(H,19,20,23). The zero-order chi connectivity index (χ0) is 17.8. The van der Waals surface area contributed by atoms with Crippen LogP contribution in [-0.2, 0) is 11.3 Å². The maximum absolute atomic E-state index is 11.7. The summed E-state index contributed by atoms with van der Waals surface area (Å²) >= 11 is 0. The van der Waals surface area contributed by atoms with Crippen molar-refractivity contribution in [1.82, 2.24) is 14.7 Å². The Kier molecular flexibility index (Phi) is 4.60. The largest absolute Gasteiger partial charge is 0.462 e. The molecule has 128 valence electrons. The summed E-state index contributed by atoms with van der Waals surface area (Å²) in [5.74, 6) is -0.0415. The van der Waals surface area contributed by atoms with Crippen LogP contribution in [0, 0.1) is 0 Å². The van der Waals surface area contributed by atoms with Crippen LogP contribution in [0.25, 0.3) is 11.0 Å². The summed E-state index contributed by atoms with van der Waals surface area (Å²) in [7, 11) is 0. The minimum atomic E-state index is -0.814. The predicted molar refractivity (Wildman–Crippen MR) is 90.7 cm³/mol. The molecule has 0 aliphatic carbocycles. The van der Waals surface area contributed by atoms with Crippen LogP contribution in [0.2, 0.25) is 0 Å². The van der Waals surface area contributed by atoms with Gasteiger partial charge in [0.05, 0.1) is 17.6 Å². The highest BCUT2D eigenvalue weighted by Crippen LogP contribution is 2.17. The molecule has 0 aliphatic heterocycles. The normalized spacial score (nSPS) is 10.6. The van der Waals surface area contributed by atoms with E-state index in [0.717, 1.165) is 5.56 Å². The Bertz CT molecular complexity index is 967. The van der Waals surface area contributed by atoms with Gasteiger partial charge >= 0.3 is 11.7 Å². The second-order valence-corrected chi connectivity index (χ2v) is 5.20. The maximum atomic E-state index is 11.7. The van der Waals surface area contributed by atoms with Crippen LogP contribution in [0.15, 0.2) is 47.4 Å². The van der Waals surface area contributed by atoms with Crippen LogP contribution < -0.4 is 11.0 Å². The number of anilines is 1. The molecule has 0 saturated heterocycles. The first-order valence-electron chi connectivity index (χ1n) is 7.67. The Morgan fingerprint density at radius 2 is 2.04 bits per heavy atom. The highest BCUT2D eigenvalue weighted by atomic mass is 16.5. The molecule has 8 nitrogen and oxygen atoms in total. The fourth-order valence-electron chi connectivity index (χ4n) is 2.34. The van der Waals surface area contributed by atoms with E-state index < -0.39 is 5.69 Å². The van der Waals surface area contributed by atoms with Crippen LogP contribution in [0.1, 0.15) is 22.8 Å². The zero-order valence-electron chi connectivity index (χ0n) is 13.5. The van der Waals surface area contributed by atoms with E-state index in [1.807, 2.05) is 0 Å². The van der Waals surface area contributed by atoms with Gasteiger partial charge in [-0.3, -0.25) is 0 Å². The molecule has 0 bridgehead atoms. The van der Waals surface area contributed by atoms with Crippen LogP contribution in [0.5, 0.6) is 0 Å². The molecule has 0 spiro atoms. The third kappa shape index (κ3) is 3.42.